The maximum Gasteiger partial charge on any atom is 0.226 e. The summed E-state index contributed by atoms with van der Waals surface area (Å²) < 4.78 is 460. The van der Waals surface area contributed by atoms with Crippen LogP contribution >= 0.6 is 0 Å². The van der Waals surface area contributed by atoms with Gasteiger partial charge >= 0.3 is 0 Å². The van der Waals surface area contributed by atoms with Gasteiger partial charge in [-0.3, -0.25) is 4.98 Å². The number of hydrogen-bond donors (Lipinski definition) is 0. The highest BCUT2D eigenvalue weighted by Crippen LogP contribution is 2.52. The number of pyridine rings is 1. The molecule has 3 atom stereocenters. The van der Waals surface area contributed by atoms with Crippen LogP contribution in [0, 0.1) is 18.4 Å². The molecule has 5 nitrogen and oxygen atoms in total. The van der Waals surface area contributed by atoms with Gasteiger partial charge in [0.15, 0.2) is 11.6 Å². The quantitative estimate of drug-likeness (QED) is 0.250. The normalized spacial score (nSPS) is 38.3. The monoisotopic (exact) mass is 702 g/mol. The average molecular weight is 702 g/mol. The van der Waals surface area contributed by atoms with Gasteiger partial charge in [0.1, 0.15) is 0 Å². The van der Waals surface area contributed by atoms with Crippen molar-refractivity contribution in [3.63, 3.8) is 0 Å². The van der Waals surface area contributed by atoms with Gasteiger partial charge in [0.05, 0.1) is 23.5 Å². The molecule has 0 spiro atoms. The summed E-state index contributed by atoms with van der Waals surface area (Å²) in [5.41, 5.74) is 5.16. The predicted molar refractivity (Wildman–Crippen MR) is 222 cm³/mol. The van der Waals surface area contributed by atoms with Crippen molar-refractivity contribution in [3.05, 3.63) is 76.7 Å². The molecule has 0 radical (unpaired) electrons. The third-order valence-electron chi connectivity index (χ3n) is 7.71. The summed E-state index contributed by atoms with van der Waals surface area (Å²) in [6.07, 6.45) is 7.88. The summed E-state index contributed by atoms with van der Waals surface area (Å²) >= 11 is 0. The molecule has 1 saturated carbocycles. The van der Waals surface area contributed by atoms with Crippen LogP contribution in [-0.4, -0.2) is 20.7 Å². The third-order valence-corrected chi connectivity index (χ3v) is 7.71. The Morgan fingerprint density at radius 2 is 2.00 bits per heavy atom. The molecule has 32 heavy (non-hydrogen) atoms. The van der Waals surface area contributed by atoms with Gasteiger partial charge in [0.25, 0.3) is 0 Å². The van der Waals surface area contributed by atoms with Gasteiger partial charge in [0, 0.05) is 172 Å². The van der Waals surface area contributed by atoms with Crippen LogP contribution in [0.5, 0.6) is 0 Å². The zero-order valence-electron chi connectivity index (χ0n) is 110. The van der Waals surface area contributed by atoms with E-state index in [1.54, 1.807) is 0 Å². The van der Waals surface area contributed by atoms with Crippen LogP contribution in [0.4, 0.5) is 0 Å². The molecular formula is C27H118N4O. The number of rotatable bonds is 2. The fraction of sp³-hybridized carbons (Fsp3) is 0.370. The lowest BCUT2D eigenvalue weighted by atomic mass is 9.58. The Hall–Kier alpha value is -3.39. The number of fused-ring (bicyclic) bond motifs is 4. The molecular weight excluding hydrogens is 396 g/mol. The van der Waals surface area contributed by atoms with Gasteiger partial charge in [-0.25, -0.2) is 14.8 Å². The van der Waals surface area contributed by atoms with Crippen LogP contribution in [-0.2, 0) is 16.6 Å². The van der Waals surface area contributed by atoms with Crippen molar-refractivity contribution in [1.82, 2.24) is 15.0 Å². The Morgan fingerprint density at radius 1 is 1.19 bits per heavy atom. The molecule has 5 heteroatoms. The largest absolute Gasteiger partial charge is 0.308 e. The fourth-order valence-electron chi connectivity index (χ4n) is 5.88. The number of hydrogen-bond acceptors (Lipinski definition) is 4. The lowest BCUT2D eigenvalue weighted by Gasteiger charge is -2.46. The first-order valence-electron chi connectivity index (χ1n) is 57.4. The number of carbonyl (C=O) groups excluding carboxylic acids is 1. The number of allylic oxidation sites excluding steroid dienone is 2. The summed E-state index contributed by atoms with van der Waals surface area (Å²) in [6.45, 7) is 11.7. The summed E-state index contributed by atoms with van der Waals surface area (Å²) in [7, 11) is 0. The molecule has 0 unspecified atom stereocenters. The number of nitrogens with zero attached hydrogens (tertiary/aromatic N) is 4. The van der Waals surface area contributed by atoms with Crippen LogP contribution in [0.15, 0.2) is 48.3 Å². The van der Waals surface area contributed by atoms with Crippen LogP contribution in [0.3, 0.4) is 0 Å². The number of ketones is 1. The van der Waals surface area contributed by atoms with E-state index in [0.29, 0.717) is 5.92 Å². The SMILES string of the molecule is [3HH].[3H][3H].[3H][3H].[3H][3H].[3H][3H].[3H][3H].[3H][3H].[3H][3H].[3H][3H].[3H][3H].[3H][3H].[3H][3H].[3H][3H].[3H][3H].[3H][3H].[3H][3H].[3H][3H].[3H][3H].[3H][3H].[3H][3H].[3H][3H].[3H][3H].[3H][3H].[3H][3H].[3H][3H].[3H][3H].[3H][3H].[3H][3H].[3H][3H].[3H][3H].[3H][3H].[3H][3H].[3H][3H].[3H][3H].[3H][3H].[3H][3H].[3H][3H].[3H][3H].[3H][3H].[3H][3H].[3H][3H].[3H][3H].[3H][3H].[3H][3H].[3H][3H].[3H][3H].[3H][3H].[C-]#[N+]C1=C[C@@]2(C)c3nc(-c4ccnc5ccccc45)nc(C4CC4)c3CC[C@@H]2[C@@H](C)C1=O. The molecule has 1 fully saturated rings. The molecule has 0 amide bonds. The highest BCUT2D eigenvalue weighted by Gasteiger charge is 2.50. The molecule has 3 aromatic rings. The molecule has 6 rings (SSSR count). The Labute approximate surface area is 330 Å². The van der Waals surface area contributed by atoms with Gasteiger partial charge in [-0.05, 0) is 49.3 Å². The van der Waals surface area contributed by atoms with E-state index in [2.05, 4.69) is 22.8 Å². The number of aromatic nitrogens is 3. The van der Waals surface area contributed by atoms with Crippen molar-refractivity contribution in [3.8, 4) is 11.4 Å². The standard InChI is InChI=1S/C27H24N4O.47H2/c1-15-20-11-10-19-23(16-8-9-16)30-26(18-12-13-29-21-7-5-4-6-17(18)21)31-25(19)27(20,2)14-22(28-3)24(15)32;;;;;;;;;;;;;;;;;;;;;;;;;;;;;;;;;;;;;;;;;;;;;;;/h4-7,12-16,20H,8-11H2,1-2H3;47*1H/t15-,20-,27-;;;;;;;;;;;;;;;;;;;;;;;;;;;;;;;;;;;;;;;;;;;;;;;/m1.............................................../s1/i;46*1+2T;1+2. The molecule has 3 aliphatic carbocycles. The van der Waals surface area contributed by atoms with Gasteiger partial charge in [0.2, 0.25) is 5.70 Å². The predicted octanol–water partition coefficient (Wildman–Crippen LogP) is 17.0. The van der Waals surface area contributed by atoms with Gasteiger partial charge in [-0.1, -0.05) is 38.1 Å². The summed E-state index contributed by atoms with van der Waals surface area (Å²) in [4.78, 5) is 31.2. The van der Waals surface area contributed by atoms with E-state index in [0.717, 1.165) is 53.7 Å². The summed E-state index contributed by atoms with van der Waals surface area (Å²) in [5, 5.41) is 1.04. The highest BCUT2D eigenvalue weighted by atomic mass is 16.1. The molecule has 2 aromatic heterocycles. The smallest absolute Gasteiger partial charge is 0.226 e. The van der Waals surface area contributed by atoms with Gasteiger partial charge < -0.3 is 4.79 Å². The van der Waals surface area contributed by atoms with Crippen molar-refractivity contribution in [1.29, 1.82) is 0 Å². The number of benzene rings is 1. The topological polar surface area (TPSA) is 60.1 Å². The molecule has 2 heterocycles. The van der Waals surface area contributed by atoms with Gasteiger partial charge in [-0.2, -0.15) is 0 Å². The summed E-state index contributed by atoms with van der Waals surface area (Å²) in [6, 6.07) is 10.1. The minimum Gasteiger partial charge on any atom is -0.308 e. The molecule has 0 N–H and O–H groups in total. The van der Waals surface area contributed by atoms with Crippen molar-refractivity contribution < 1.29 is 143 Å². The second kappa shape index (κ2) is 6.80. The van der Waals surface area contributed by atoms with Crippen molar-refractivity contribution in [2.45, 2.75) is 50.9 Å². The van der Waals surface area contributed by atoms with Gasteiger partial charge in [-0.15, -0.1) is 0 Å². The van der Waals surface area contributed by atoms with E-state index in [9.17, 15) is 4.79 Å². The Kier molecular flexibility index (Phi) is 0.732. The molecule has 1 aromatic carbocycles. The van der Waals surface area contributed by atoms with Crippen LogP contribution in [0.25, 0.3) is 27.1 Å². The van der Waals surface area contributed by atoms with E-state index in [1.165, 1.54) is 11.3 Å². The minimum atomic E-state index is -0.440. The third kappa shape index (κ3) is 2.69. The van der Waals surface area contributed by atoms with Crippen molar-refractivity contribution >= 4 is 16.7 Å². The van der Waals surface area contributed by atoms with Crippen molar-refractivity contribution in [2.75, 3.05) is 0 Å². The molecule has 0 aliphatic heterocycles. The number of carbonyl (C=O) groups is 1. The first kappa shape index (κ1) is 3.44. The highest BCUT2D eigenvalue weighted by molar-refractivity contribution is 6.00. The lowest BCUT2D eigenvalue weighted by Crippen LogP contribution is -2.46. The molecule has 0 saturated heterocycles. The first-order chi connectivity index (χ1) is 61.5. The number of para-hydroxylation sites is 1. The zero-order chi connectivity index (χ0) is 114. The Bertz CT molecular complexity index is 1460. The Balaban J connectivity index is -0.0000000160. The lowest BCUT2D eigenvalue weighted by molar-refractivity contribution is -0.121. The van der Waals surface area contributed by atoms with E-state index >= 15 is 0 Å². The summed E-state index contributed by atoms with van der Waals surface area (Å²) in [5.74, 6) is 1.17. The second-order valence-electron chi connectivity index (χ2n) is 9.63. The van der Waals surface area contributed by atoms with E-state index in [-0.39, 0.29) is 24.7 Å². The van der Waals surface area contributed by atoms with Crippen LogP contribution < -0.4 is 0 Å². The Morgan fingerprint density at radius 3 is 2.78 bits per heavy atom. The van der Waals surface area contributed by atoms with Crippen LogP contribution in [0.2, 0.25) is 0 Å². The van der Waals surface area contributed by atoms with Crippen LogP contribution in [0.1, 0.15) is 194 Å². The first-order valence-corrected chi connectivity index (χ1v) is 11.4. The molecule has 252 valence electrons. The maximum absolute atomic E-state index is 12.8. The second-order valence-corrected chi connectivity index (χ2v) is 9.63. The molecule has 3 aliphatic rings. The van der Waals surface area contributed by atoms with E-state index in [1.807, 2.05) is 43.5 Å². The minimum absolute atomic E-state index is 0. The average Bonchev–Trinajstić information content (AvgIpc) is 1.61. The van der Waals surface area contributed by atoms with E-state index in [4.69, 9.17) is 153 Å². The number of Topliss-reactive ketones (excluding diaryl/α,β-unsaturated/α-hetero) is 1. The zero-order valence-corrected chi connectivity index (χ0v) is 18.3. The van der Waals surface area contributed by atoms with E-state index < -0.39 is 5.41 Å². The van der Waals surface area contributed by atoms with Crippen molar-refractivity contribution in [2.24, 2.45) is 11.8 Å². The maximum atomic E-state index is 12.8. The molecule has 0 bridgehead atoms. The fourth-order valence-corrected chi connectivity index (χ4v) is 5.88.